The lowest BCUT2D eigenvalue weighted by molar-refractivity contribution is 0.306. The Morgan fingerprint density at radius 1 is 0.909 bits per heavy atom. The zero-order chi connectivity index (χ0) is 23.3. The number of ether oxygens (including phenoxy) is 2. The normalized spacial score (nSPS) is 11.1. The molecular formula is C25H21ClN2O4S. The molecule has 0 saturated heterocycles. The largest absolute Gasteiger partial charge is 0.495 e. The number of methoxy groups -OCH3 is 1. The van der Waals surface area contributed by atoms with Crippen LogP contribution < -0.4 is 14.2 Å². The predicted molar refractivity (Wildman–Crippen MR) is 129 cm³/mol. The number of hydrogen-bond acceptors (Lipinski definition) is 5. The van der Waals surface area contributed by atoms with Crippen LogP contribution in [0.4, 0.5) is 5.69 Å². The third kappa shape index (κ3) is 5.63. The van der Waals surface area contributed by atoms with Crippen molar-refractivity contribution in [3.05, 3.63) is 102 Å². The van der Waals surface area contributed by atoms with Crippen molar-refractivity contribution >= 4 is 27.3 Å². The Labute approximate surface area is 197 Å². The van der Waals surface area contributed by atoms with Crippen LogP contribution in [0.1, 0.15) is 5.56 Å². The quantitative estimate of drug-likeness (QED) is 0.345. The van der Waals surface area contributed by atoms with Crippen molar-refractivity contribution in [2.45, 2.75) is 11.5 Å². The monoisotopic (exact) mass is 480 g/mol. The molecule has 1 aromatic heterocycles. The van der Waals surface area contributed by atoms with Gasteiger partial charge in [0.2, 0.25) is 0 Å². The number of benzene rings is 3. The van der Waals surface area contributed by atoms with E-state index in [4.69, 9.17) is 21.1 Å². The average molecular weight is 481 g/mol. The van der Waals surface area contributed by atoms with Crippen LogP contribution in [0.15, 0.2) is 96.2 Å². The fraction of sp³-hybridized carbons (Fsp3) is 0.0800. The minimum Gasteiger partial charge on any atom is -0.495 e. The molecule has 0 aliphatic rings. The summed E-state index contributed by atoms with van der Waals surface area (Å²) in [5, 5.41) is 0.289. The first-order chi connectivity index (χ1) is 15.9. The fourth-order valence-electron chi connectivity index (χ4n) is 3.21. The van der Waals surface area contributed by atoms with Crippen molar-refractivity contribution in [2.24, 2.45) is 0 Å². The molecule has 4 rings (SSSR count). The number of nitrogens with zero attached hydrogens (tertiary/aromatic N) is 1. The second-order valence-corrected chi connectivity index (χ2v) is 9.25. The molecule has 4 aromatic rings. The van der Waals surface area contributed by atoms with Gasteiger partial charge in [0.1, 0.15) is 23.0 Å². The summed E-state index contributed by atoms with van der Waals surface area (Å²) >= 11 is 5.99. The summed E-state index contributed by atoms with van der Waals surface area (Å²) in [4.78, 5) is 4.13. The molecule has 0 bridgehead atoms. The minimum absolute atomic E-state index is 0.0529. The Kier molecular flexibility index (Phi) is 6.82. The fourth-order valence-corrected chi connectivity index (χ4v) is 4.68. The topological polar surface area (TPSA) is 77.5 Å². The van der Waals surface area contributed by atoms with Gasteiger partial charge < -0.3 is 9.47 Å². The number of pyridine rings is 1. The van der Waals surface area contributed by atoms with E-state index in [-0.39, 0.29) is 15.7 Å². The summed E-state index contributed by atoms with van der Waals surface area (Å²) in [6.07, 6.45) is 3.10. The molecule has 33 heavy (non-hydrogen) atoms. The first-order valence-corrected chi connectivity index (χ1v) is 11.9. The van der Waals surface area contributed by atoms with Crippen LogP contribution in [0, 0.1) is 0 Å². The standard InChI is InChI=1S/C25H21ClN2O4S/c1-31-24-12-9-21(26)14-25(24)33(29,30)28-22-13-20(15-27-16-22)19-7-10-23(11-8-19)32-17-18-5-3-2-4-6-18/h2-16,28H,17H2,1H3. The number of aromatic nitrogens is 1. The van der Waals surface area contributed by atoms with Crippen LogP contribution in [-0.2, 0) is 16.6 Å². The van der Waals surface area contributed by atoms with Gasteiger partial charge >= 0.3 is 0 Å². The maximum Gasteiger partial charge on any atom is 0.265 e. The summed E-state index contributed by atoms with van der Waals surface area (Å²) in [7, 11) is -2.54. The molecule has 0 spiro atoms. The van der Waals surface area contributed by atoms with Crippen LogP contribution in [0.3, 0.4) is 0 Å². The summed E-state index contributed by atoms with van der Waals surface area (Å²) in [6, 6.07) is 23.6. The Morgan fingerprint density at radius 2 is 1.67 bits per heavy atom. The Hall–Kier alpha value is -3.55. The molecule has 0 radical (unpaired) electrons. The zero-order valence-electron chi connectivity index (χ0n) is 17.7. The van der Waals surface area contributed by atoms with Gasteiger partial charge in [-0.05, 0) is 47.5 Å². The third-order valence-corrected chi connectivity index (χ3v) is 6.48. The van der Waals surface area contributed by atoms with Crippen molar-refractivity contribution < 1.29 is 17.9 Å². The van der Waals surface area contributed by atoms with E-state index in [2.05, 4.69) is 9.71 Å². The second-order valence-electron chi connectivity index (χ2n) is 7.16. The van der Waals surface area contributed by atoms with Gasteiger partial charge in [0.25, 0.3) is 10.0 Å². The predicted octanol–water partition coefficient (Wildman–Crippen LogP) is 5.79. The van der Waals surface area contributed by atoms with Crippen LogP contribution in [0.5, 0.6) is 11.5 Å². The molecule has 8 heteroatoms. The van der Waals surface area contributed by atoms with E-state index in [9.17, 15) is 8.42 Å². The van der Waals surface area contributed by atoms with Crippen LogP contribution in [0.25, 0.3) is 11.1 Å². The number of sulfonamides is 1. The lowest BCUT2D eigenvalue weighted by atomic mass is 10.1. The van der Waals surface area contributed by atoms with Crippen LogP contribution in [-0.4, -0.2) is 20.5 Å². The van der Waals surface area contributed by atoms with Crippen molar-refractivity contribution in [3.8, 4) is 22.6 Å². The molecule has 0 aliphatic heterocycles. The molecule has 0 aliphatic carbocycles. The van der Waals surface area contributed by atoms with Crippen molar-refractivity contribution in [3.63, 3.8) is 0 Å². The first kappa shape index (κ1) is 22.6. The number of rotatable bonds is 8. The van der Waals surface area contributed by atoms with E-state index in [0.29, 0.717) is 12.3 Å². The molecule has 1 N–H and O–H groups in total. The molecule has 1 heterocycles. The van der Waals surface area contributed by atoms with Gasteiger partial charge in [0, 0.05) is 16.8 Å². The highest BCUT2D eigenvalue weighted by atomic mass is 35.5. The summed E-state index contributed by atoms with van der Waals surface area (Å²) < 4.78 is 39.4. The van der Waals surface area contributed by atoms with Gasteiger partial charge in [-0.15, -0.1) is 0 Å². The zero-order valence-corrected chi connectivity index (χ0v) is 19.3. The lowest BCUT2D eigenvalue weighted by Crippen LogP contribution is -2.14. The maximum absolute atomic E-state index is 12.9. The highest BCUT2D eigenvalue weighted by Gasteiger charge is 2.20. The van der Waals surface area contributed by atoms with E-state index in [1.807, 2.05) is 54.6 Å². The highest BCUT2D eigenvalue weighted by Crippen LogP contribution is 2.30. The molecule has 0 unspecified atom stereocenters. The summed E-state index contributed by atoms with van der Waals surface area (Å²) in [5.74, 6) is 0.933. The molecule has 168 valence electrons. The molecule has 3 aromatic carbocycles. The number of halogens is 1. The van der Waals surface area contributed by atoms with Crippen molar-refractivity contribution in [1.29, 1.82) is 0 Å². The molecule has 0 atom stereocenters. The van der Waals surface area contributed by atoms with E-state index in [0.717, 1.165) is 22.4 Å². The first-order valence-electron chi connectivity index (χ1n) is 10.0. The van der Waals surface area contributed by atoms with Gasteiger partial charge in [-0.25, -0.2) is 8.42 Å². The lowest BCUT2D eigenvalue weighted by Gasteiger charge is -2.12. The number of nitrogens with one attached hydrogen (secondary N) is 1. The Bertz CT molecular complexity index is 1340. The van der Waals surface area contributed by atoms with E-state index in [1.54, 1.807) is 18.3 Å². The smallest absolute Gasteiger partial charge is 0.265 e. The summed E-state index contributed by atoms with van der Waals surface area (Å²) in [5.41, 5.74) is 3.03. The molecule has 0 amide bonds. The number of hydrogen-bond donors (Lipinski definition) is 1. The SMILES string of the molecule is COc1ccc(Cl)cc1S(=O)(=O)Nc1cncc(-c2ccc(OCc3ccccc3)cc2)c1. The van der Waals surface area contributed by atoms with Crippen LogP contribution in [0.2, 0.25) is 5.02 Å². The summed E-state index contributed by atoms with van der Waals surface area (Å²) in [6.45, 7) is 0.478. The van der Waals surface area contributed by atoms with Gasteiger partial charge in [0.15, 0.2) is 0 Å². The van der Waals surface area contributed by atoms with Gasteiger partial charge in [0.05, 0.1) is 19.0 Å². The van der Waals surface area contributed by atoms with Crippen molar-refractivity contribution in [1.82, 2.24) is 4.98 Å². The Balaban J connectivity index is 1.50. The third-order valence-electron chi connectivity index (χ3n) is 4.84. The maximum atomic E-state index is 12.9. The van der Waals surface area contributed by atoms with Gasteiger partial charge in [-0.2, -0.15) is 0 Å². The second kappa shape index (κ2) is 9.94. The van der Waals surface area contributed by atoms with E-state index >= 15 is 0 Å². The van der Waals surface area contributed by atoms with Gasteiger partial charge in [-0.1, -0.05) is 54.1 Å². The van der Waals surface area contributed by atoms with Crippen LogP contribution >= 0.6 is 11.6 Å². The molecule has 0 fully saturated rings. The molecule has 0 saturated carbocycles. The van der Waals surface area contributed by atoms with E-state index in [1.165, 1.54) is 25.4 Å². The number of anilines is 1. The van der Waals surface area contributed by atoms with Gasteiger partial charge in [-0.3, -0.25) is 9.71 Å². The highest BCUT2D eigenvalue weighted by molar-refractivity contribution is 7.92. The van der Waals surface area contributed by atoms with E-state index < -0.39 is 10.0 Å². The van der Waals surface area contributed by atoms with Crippen molar-refractivity contribution in [2.75, 3.05) is 11.8 Å². The average Bonchev–Trinajstić information content (AvgIpc) is 2.83. The Morgan fingerprint density at radius 3 is 2.39 bits per heavy atom. The molecular weight excluding hydrogens is 460 g/mol. The molecule has 6 nitrogen and oxygen atoms in total. The minimum atomic E-state index is -3.94.